The number of nitriles is 2. The van der Waals surface area contributed by atoms with Gasteiger partial charge in [0.15, 0.2) is 5.82 Å². The van der Waals surface area contributed by atoms with Crippen molar-refractivity contribution < 1.29 is 22.7 Å². The molecule has 5 fully saturated rings. The Morgan fingerprint density at radius 2 is 1.96 bits per heavy atom. The van der Waals surface area contributed by atoms with Crippen LogP contribution in [0.3, 0.4) is 0 Å². The van der Waals surface area contributed by atoms with E-state index in [1.807, 2.05) is 11.0 Å². The minimum Gasteiger partial charge on any atom is -0.461 e. The first-order valence-corrected chi connectivity index (χ1v) is 19.3. The molecule has 1 amide bonds. The van der Waals surface area contributed by atoms with Crippen LogP contribution in [0.4, 0.5) is 24.0 Å². The Morgan fingerprint density at radius 3 is 2.74 bits per heavy atom. The van der Waals surface area contributed by atoms with Crippen molar-refractivity contribution in [3.8, 4) is 29.3 Å². The van der Waals surface area contributed by atoms with E-state index in [0.717, 1.165) is 50.0 Å². The number of nitrogen functional groups attached to an aromatic ring is 1. The molecule has 0 radical (unpaired) electrons. The molecule has 10 nitrogen and oxygen atoms in total. The lowest BCUT2D eigenvalue weighted by Gasteiger charge is -2.51. The van der Waals surface area contributed by atoms with Crippen molar-refractivity contribution in [1.29, 1.82) is 10.5 Å². The standard InChI is InChI=1S/C38H36ClF3N8O2S/c39-26-11-24-31(30(42)29(26)22-4-5-27(41)32-28(22)25(14-44)33(45)53-32)46-36(52-19-38-7-3-9-50(38)15-21(40)12-38)47-34(24)48-8-2-1-6-37(16-48)17-49(18-37)35(51)23-10-20(23)13-43/h4-5,11,20-21,23H,1-3,6-10,12,15-19,45H2/t20-,21+,23+,38-/m0/s1. The molecule has 1 spiro atoms. The monoisotopic (exact) mass is 760 g/mol. The Morgan fingerprint density at radius 1 is 1.13 bits per heavy atom. The fraction of sp³-hybridized carbons (Fsp3) is 0.500. The van der Waals surface area contributed by atoms with Gasteiger partial charge in [-0.05, 0) is 56.3 Å². The van der Waals surface area contributed by atoms with Gasteiger partial charge in [-0.15, -0.1) is 11.3 Å². The van der Waals surface area contributed by atoms with Gasteiger partial charge in [0, 0.05) is 60.9 Å². The van der Waals surface area contributed by atoms with Gasteiger partial charge < -0.3 is 20.3 Å². The van der Waals surface area contributed by atoms with E-state index in [1.165, 1.54) is 12.1 Å². The Balaban J connectivity index is 1.14. The highest BCUT2D eigenvalue weighted by atomic mass is 35.5. The molecule has 4 saturated heterocycles. The number of halogens is 4. The van der Waals surface area contributed by atoms with Gasteiger partial charge in [0.1, 0.15) is 41.0 Å². The second-order valence-electron chi connectivity index (χ2n) is 15.5. The molecule has 2 aromatic heterocycles. The molecule has 0 unspecified atom stereocenters. The normalized spacial score (nSPS) is 26.3. The minimum atomic E-state index is -0.959. The van der Waals surface area contributed by atoms with E-state index in [2.05, 4.69) is 20.9 Å². The molecular weight excluding hydrogens is 725 g/mol. The number of ether oxygens (including phenoxy) is 1. The number of aromatic nitrogens is 2. The Labute approximate surface area is 312 Å². The molecule has 274 valence electrons. The maximum Gasteiger partial charge on any atom is 0.319 e. The van der Waals surface area contributed by atoms with Crippen LogP contribution < -0.4 is 15.4 Å². The number of anilines is 2. The van der Waals surface area contributed by atoms with Crippen molar-refractivity contribution in [3.05, 3.63) is 40.4 Å². The van der Waals surface area contributed by atoms with Crippen molar-refractivity contribution in [2.45, 2.75) is 56.7 Å². The molecule has 4 aromatic rings. The second kappa shape index (κ2) is 12.6. The van der Waals surface area contributed by atoms with Crippen LogP contribution in [-0.4, -0.2) is 83.3 Å². The molecule has 4 aliphatic heterocycles. The molecule has 4 atom stereocenters. The van der Waals surface area contributed by atoms with Crippen molar-refractivity contribution >= 4 is 60.7 Å². The molecule has 9 rings (SSSR count). The van der Waals surface area contributed by atoms with Gasteiger partial charge in [-0.1, -0.05) is 24.1 Å². The lowest BCUT2D eigenvalue weighted by molar-refractivity contribution is -0.144. The number of rotatable bonds is 6. The average Bonchev–Trinajstić information content (AvgIpc) is 3.66. The molecule has 1 aliphatic carbocycles. The summed E-state index contributed by atoms with van der Waals surface area (Å²) in [6.45, 7) is 3.57. The maximum absolute atomic E-state index is 17.2. The number of likely N-dealkylation sites (tertiary alicyclic amines) is 1. The largest absolute Gasteiger partial charge is 0.461 e. The lowest BCUT2D eigenvalue weighted by atomic mass is 9.75. The highest BCUT2D eigenvalue weighted by Crippen LogP contribution is 2.48. The Bertz CT molecular complexity index is 2290. The predicted octanol–water partition coefficient (Wildman–Crippen LogP) is 6.83. The summed E-state index contributed by atoms with van der Waals surface area (Å²) in [5.74, 6) is -1.32. The number of hydrogen-bond acceptors (Lipinski definition) is 10. The zero-order chi connectivity index (χ0) is 36.8. The van der Waals surface area contributed by atoms with Crippen molar-refractivity contribution in [2.24, 2.45) is 17.3 Å². The minimum absolute atomic E-state index is 0.0250. The topological polar surface area (TPSA) is 135 Å². The lowest BCUT2D eigenvalue weighted by Crippen LogP contribution is -2.62. The summed E-state index contributed by atoms with van der Waals surface area (Å²) in [4.78, 5) is 28.7. The molecule has 2 N–H and O–H groups in total. The summed E-state index contributed by atoms with van der Waals surface area (Å²) in [5, 5.41) is 19.9. The van der Waals surface area contributed by atoms with Crippen LogP contribution in [0.1, 0.15) is 50.5 Å². The third-order valence-electron chi connectivity index (χ3n) is 12.1. The average molecular weight is 761 g/mol. The number of hydrogen-bond donors (Lipinski definition) is 1. The first-order valence-electron chi connectivity index (χ1n) is 18.1. The molecule has 2 aromatic carbocycles. The molecular formula is C38H36ClF3N8O2S. The smallest absolute Gasteiger partial charge is 0.319 e. The summed E-state index contributed by atoms with van der Waals surface area (Å²) in [7, 11) is 0. The first-order chi connectivity index (χ1) is 25.5. The number of thiophene rings is 1. The fourth-order valence-electron chi connectivity index (χ4n) is 9.44. The van der Waals surface area contributed by atoms with Gasteiger partial charge in [0.25, 0.3) is 0 Å². The molecule has 53 heavy (non-hydrogen) atoms. The van der Waals surface area contributed by atoms with Gasteiger partial charge in [0.2, 0.25) is 5.91 Å². The number of nitrogens with two attached hydrogens (primary N) is 1. The number of benzene rings is 2. The van der Waals surface area contributed by atoms with E-state index in [9.17, 15) is 24.1 Å². The van der Waals surface area contributed by atoms with Crippen LogP contribution in [0.25, 0.3) is 32.1 Å². The second-order valence-corrected chi connectivity index (χ2v) is 17.0. The Hall–Kier alpha value is -4.37. The van der Waals surface area contributed by atoms with Gasteiger partial charge in [-0.25, -0.2) is 13.2 Å². The van der Waals surface area contributed by atoms with E-state index in [1.54, 1.807) is 6.07 Å². The predicted molar refractivity (Wildman–Crippen MR) is 195 cm³/mol. The van der Waals surface area contributed by atoms with E-state index in [0.29, 0.717) is 56.8 Å². The zero-order valence-corrected chi connectivity index (χ0v) is 30.4. The van der Waals surface area contributed by atoms with Crippen molar-refractivity contribution in [2.75, 3.05) is 56.5 Å². The number of amides is 1. The number of carbonyl (C=O) groups excluding carboxylic acids is 1. The Kier molecular flexibility index (Phi) is 8.18. The summed E-state index contributed by atoms with van der Waals surface area (Å²) in [6, 6.07) is 8.40. The van der Waals surface area contributed by atoms with E-state index < -0.39 is 23.3 Å². The molecule has 1 saturated carbocycles. The molecule has 15 heteroatoms. The van der Waals surface area contributed by atoms with Crippen LogP contribution in [0.15, 0.2) is 18.2 Å². The van der Waals surface area contributed by atoms with Crippen LogP contribution in [0, 0.1) is 51.5 Å². The van der Waals surface area contributed by atoms with Gasteiger partial charge in [0.05, 0.1) is 38.7 Å². The van der Waals surface area contributed by atoms with Crippen LogP contribution >= 0.6 is 22.9 Å². The third kappa shape index (κ3) is 5.55. The van der Waals surface area contributed by atoms with Crippen molar-refractivity contribution in [3.63, 3.8) is 0 Å². The molecule has 6 heterocycles. The molecule has 0 bridgehead atoms. The highest BCUT2D eigenvalue weighted by molar-refractivity contribution is 7.23. The molecule has 5 aliphatic rings. The van der Waals surface area contributed by atoms with E-state index in [4.69, 9.17) is 27.1 Å². The number of nitrogens with zero attached hydrogens (tertiary/aromatic N) is 7. The third-order valence-corrected chi connectivity index (χ3v) is 13.4. The fourth-order valence-corrected chi connectivity index (χ4v) is 10.7. The van der Waals surface area contributed by atoms with Crippen LogP contribution in [0.2, 0.25) is 5.02 Å². The quantitative estimate of drug-likeness (QED) is 0.224. The van der Waals surface area contributed by atoms with E-state index in [-0.39, 0.29) is 78.1 Å². The first kappa shape index (κ1) is 34.4. The van der Waals surface area contributed by atoms with Crippen LogP contribution in [0.5, 0.6) is 6.01 Å². The summed E-state index contributed by atoms with van der Waals surface area (Å²) >= 11 is 7.85. The SMILES string of the molecule is N#Cc1c(N)sc2c(F)ccc(-c3c(Cl)cc4c(N5CCCCC6(CN(C(=O)[C@@H]7C[C@H]7C#N)C6)C5)nc(OC[C@@]56CCCN5C[C@H](F)C6)nc4c3F)c12. The van der Waals surface area contributed by atoms with Crippen molar-refractivity contribution in [1.82, 2.24) is 19.8 Å². The van der Waals surface area contributed by atoms with E-state index >= 15 is 4.39 Å². The van der Waals surface area contributed by atoms with Crippen LogP contribution in [-0.2, 0) is 4.79 Å². The summed E-state index contributed by atoms with van der Waals surface area (Å²) in [6.07, 6.45) is 4.36. The number of fused-ring (bicyclic) bond motifs is 3. The van der Waals surface area contributed by atoms with Gasteiger partial charge in [-0.2, -0.15) is 20.5 Å². The maximum atomic E-state index is 17.2. The van der Waals surface area contributed by atoms with Gasteiger partial charge in [-0.3, -0.25) is 9.69 Å². The van der Waals surface area contributed by atoms with Gasteiger partial charge >= 0.3 is 6.01 Å². The summed E-state index contributed by atoms with van der Waals surface area (Å²) in [5.41, 5.74) is 5.54. The zero-order valence-electron chi connectivity index (χ0n) is 28.8. The number of alkyl halides is 1. The summed E-state index contributed by atoms with van der Waals surface area (Å²) < 4.78 is 53.3. The number of carbonyl (C=O) groups is 1. The highest BCUT2D eigenvalue weighted by Gasteiger charge is 2.53.